The van der Waals surface area contributed by atoms with Crippen molar-refractivity contribution in [3.05, 3.63) is 65.2 Å². The summed E-state index contributed by atoms with van der Waals surface area (Å²) in [7, 11) is 0. The number of likely N-dealkylation sites (tertiary alicyclic amines) is 1. The number of anilines is 1. The lowest BCUT2D eigenvalue weighted by Crippen LogP contribution is -2.38. The fourth-order valence-electron chi connectivity index (χ4n) is 4.54. The Morgan fingerprint density at radius 1 is 0.969 bits per heavy atom. The smallest absolute Gasteiger partial charge is 0.319 e. The molecule has 6 heteroatoms. The molecule has 4 rings (SSSR count). The molecule has 1 aliphatic heterocycles. The fraction of sp³-hybridized carbons (Fsp3) is 0.462. The van der Waals surface area contributed by atoms with Gasteiger partial charge in [0.1, 0.15) is 0 Å². The molecule has 2 aromatic carbocycles. The predicted molar refractivity (Wildman–Crippen MR) is 127 cm³/mol. The number of carbonyl (C=O) groups excluding carboxylic acids is 2. The number of nitrogens with one attached hydrogen (secondary N) is 3. The van der Waals surface area contributed by atoms with Crippen LogP contribution < -0.4 is 16.0 Å². The van der Waals surface area contributed by atoms with Gasteiger partial charge in [-0.3, -0.25) is 9.69 Å². The minimum Gasteiger partial charge on any atom is -0.348 e. The van der Waals surface area contributed by atoms with Crippen LogP contribution >= 0.6 is 0 Å². The number of hydrogen-bond acceptors (Lipinski definition) is 3. The summed E-state index contributed by atoms with van der Waals surface area (Å²) < 4.78 is 0. The van der Waals surface area contributed by atoms with Gasteiger partial charge in [-0.05, 0) is 60.4 Å². The van der Waals surface area contributed by atoms with Gasteiger partial charge >= 0.3 is 6.03 Å². The normalized spacial score (nSPS) is 21.1. The van der Waals surface area contributed by atoms with Crippen molar-refractivity contribution < 1.29 is 9.59 Å². The Morgan fingerprint density at radius 3 is 2.34 bits per heavy atom. The molecule has 32 heavy (non-hydrogen) atoms. The quantitative estimate of drug-likeness (QED) is 0.606. The maximum absolute atomic E-state index is 12.6. The van der Waals surface area contributed by atoms with Crippen molar-refractivity contribution in [2.45, 2.75) is 52.2 Å². The summed E-state index contributed by atoms with van der Waals surface area (Å²) in [4.78, 5) is 27.0. The molecule has 2 atom stereocenters. The third kappa shape index (κ3) is 6.57. The van der Waals surface area contributed by atoms with Gasteiger partial charge in [0.25, 0.3) is 5.91 Å². The first kappa shape index (κ1) is 22.3. The highest BCUT2D eigenvalue weighted by Crippen LogP contribution is 2.22. The molecule has 0 bridgehead atoms. The van der Waals surface area contributed by atoms with Gasteiger partial charge in [0.2, 0.25) is 0 Å². The van der Waals surface area contributed by atoms with E-state index >= 15 is 0 Å². The number of benzene rings is 2. The highest BCUT2D eigenvalue weighted by molar-refractivity contribution is 5.96. The summed E-state index contributed by atoms with van der Waals surface area (Å²) in [6.45, 7) is 8.45. The molecule has 6 nitrogen and oxygen atoms in total. The van der Waals surface area contributed by atoms with Crippen LogP contribution in [0, 0.1) is 11.8 Å². The van der Waals surface area contributed by atoms with Crippen LogP contribution in [0.2, 0.25) is 0 Å². The minimum absolute atomic E-state index is 0.156. The van der Waals surface area contributed by atoms with Crippen molar-refractivity contribution in [1.29, 1.82) is 0 Å². The van der Waals surface area contributed by atoms with Gasteiger partial charge in [0.05, 0.1) is 0 Å². The molecule has 2 fully saturated rings. The zero-order valence-electron chi connectivity index (χ0n) is 19.1. The van der Waals surface area contributed by atoms with Crippen LogP contribution in [0.1, 0.15) is 54.6 Å². The lowest BCUT2D eigenvalue weighted by Gasteiger charge is -2.35. The van der Waals surface area contributed by atoms with Crippen molar-refractivity contribution in [2.24, 2.45) is 11.8 Å². The average molecular weight is 435 g/mol. The largest absolute Gasteiger partial charge is 0.348 e. The molecule has 0 radical (unpaired) electrons. The van der Waals surface area contributed by atoms with Crippen molar-refractivity contribution >= 4 is 17.6 Å². The number of amides is 3. The Labute approximate surface area is 190 Å². The average Bonchev–Trinajstić information content (AvgIpc) is 3.56. The van der Waals surface area contributed by atoms with Gasteiger partial charge < -0.3 is 16.0 Å². The maximum Gasteiger partial charge on any atom is 0.319 e. The van der Waals surface area contributed by atoms with Crippen molar-refractivity contribution in [3.8, 4) is 0 Å². The van der Waals surface area contributed by atoms with Gasteiger partial charge in [-0.25, -0.2) is 4.79 Å². The van der Waals surface area contributed by atoms with Gasteiger partial charge in [-0.1, -0.05) is 44.2 Å². The highest BCUT2D eigenvalue weighted by atomic mass is 16.2. The predicted octanol–water partition coefficient (Wildman–Crippen LogP) is 4.38. The molecule has 3 N–H and O–H groups in total. The Kier molecular flexibility index (Phi) is 7.10. The van der Waals surface area contributed by atoms with Crippen LogP contribution in [0.3, 0.4) is 0 Å². The van der Waals surface area contributed by atoms with E-state index in [0.717, 1.165) is 49.9 Å². The van der Waals surface area contributed by atoms with Gasteiger partial charge in [-0.2, -0.15) is 0 Å². The summed E-state index contributed by atoms with van der Waals surface area (Å²) in [5.74, 6) is 1.36. The monoisotopic (exact) mass is 434 g/mol. The summed E-state index contributed by atoms with van der Waals surface area (Å²) in [5, 5.41) is 8.64. The molecule has 1 saturated heterocycles. The Bertz CT molecular complexity index is 929. The van der Waals surface area contributed by atoms with E-state index in [-0.39, 0.29) is 11.9 Å². The second-order valence-corrected chi connectivity index (χ2v) is 9.59. The van der Waals surface area contributed by atoms with Crippen LogP contribution in [0.25, 0.3) is 0 Å². The second-order valence-electron chi connectivity index (χ2n) is 9.59. The number of carbonyl (C=O) groups is 2. The van der Waals surface area contributed by atoms with Gasteiger partial charge in [0, 0.05) is 43.5 Å². The second kappa shape index (κ2) is 10.2. The molecular formula is C26H34N4O2. The first-order valence-corrected chi connectivity index (χ1v) is 11.7. The SMILES string of the molecule is CC1CC(C)CN(Cc2ccc(CNC(=O)c3cccc(NC(=O)NC4CC4)c3)cc2)C1. The first-order chi connectivity index (χ1) is 15.4. The van der Waals surface area contributed by atoms with E-state index in [4.69, 9.17) is 0 Å². The molecule has 2 aliphatic rings. The van der Waals surface area contributed by atoms with E-state index in [0.29, 0.717) is 23.8 Å². The Morgan fingerprint density at radius 2 is 1.66 bits per heavy atom. The van der Waals surface area contributed by atoms with Crippen LogP contribution in [0.15, 0.2) is 48.5 Å². The summed E-state index contributed by atoms with van der Waals surface area (Å²) in [6, 6.07) is 15.6. The van der Waals surface area contributed by atoms with E-state index in [1.54, 1.807) is 24.3 Å². The van der Waals surface area contributed by atoms with Crippen molar-refractivity contribution in [2.75, 3.05) is 18.4 Å². The lowest BCUT2D eigenvalue weighted by molar-refractivity contribution is 0.0951. The summed E-state index contributed by atoms with van der Waals surface area (Å²) in [5.41, 5.74) is 3.52. The number of rotatable bonds is 7. The maximum atomic E-state index is 12.6. The van der Waals surface area contributed by atoms with Crippen LogP contribution in [0.4, 0.5) is 10.5 Å². The zero-order chi connectivity index (χ0) is 22.5. The van der Waals surface area contributed by atoms with Crippen molar-refractivity contribution in [1.82, 2.24) is 15.5 Å². The lowest BCUT2D eigenvalue weighted by atomic mass is 9.91. The summed E-state index contributed by atoms with van der Waals surface area (Å²) >= 11 is 0. The minimum atomic E-state index is -0.224. The van der Waals surface area contributed by atoms with Crippen LogP contribution in [-0.2, 0) is 13.1 Å². The number of hydrogen-bond donors (Lipinski definition) is 3. The van der Waals surface area contributed by atoms with E-state index in [2.05, 4.69) is 59.0 Å². The highest BCUT2D eigenvalue weighted by Gasteiger charge is 2.23. The molecule has 1 heterocycles. The zero-order valence-corrected chi connectivity index (χ0v) is 19.1. The third-order valence-electron chi connectivity index (χ3n) is 6.12. The van der Waals surface area contributed by atoms with Crippen LogP contribution in [0.5, 0.6) is 0 Å². The molecule has 170 valence electrons. The number of urea groups is 1. The molecule has 3 amide bonds. The van der Waals surface area contributed by atoms with Crippen LogP contribution in [-0.4, -0.2) is 36.0 Å². The fourth-order valence-corrected chi connectivity index (χ4v) is 4.54. The first-order valence-electron chi connectivity index (χ1n) is 11.7. The van der Waals surface area contributed by atoms with E-state index in [9.17, 15) is 9.59 Å². The molecule has 2 unspecified atom stereocenters. The topological polar surface area (TPSA) is 73.5 Å². The number of nitrogens with zero attached hydrogens (tertiary/aromatic N) is 1. The molecular weight excluding hydrogens is 400 g/mol. The summed E-state index contributed by atoms with van der Waals surface area (Å²) in [6.07, 6.45) is 3.39. The van der Waals surface area contributed by atoms with E-state index < -0.39 is 0 Å². The Hall–Kier alpha value is -2.86. The molecule has 1 saturated carbocycles. The van der Waals surface area contributed by atoms with Crippen molar-refractivity contribution in [3.63, 3.8) is 0 Å². The Balaban J connectivity index is 1.26. The van der Waals surface area contributed by atoms with Gasteiger partial charge in [-0.15, -0.1) is 0 Å². The third-order valence-corrected chi connectivity index (χ3v) is 6.12. The van der Waals surface area contributed by atoms with E-state index in [1.165, 1.54) is 12.0 Å². The van der Waals surface area contributed by atoms with Gasteiger partial charge in [0.15, 0.2) is 0 Å². The molecule has 0 spiro atoms. The molecule has 0 aromatic heterocycles. The number of piperidine rings is 1. The van der Waals surface area contributed by atoms with E-state index in [1.807, 2.05) is 0 Å². The molecule has 2 aromatic rings. The molecule has 1 aliphatic carbocycles. The standard InChI is InChI=1S/C26H34N4O2/c1-18-12-19(2)16-30(15-18)17-21-8-6-20(7-9-21)14-27-25(31)22-4-3-5-24(13-22)29-26(32)28-23-10-11-23/h3-9,13,18-19,23H,10-12,14-17H2,1-2H3,(H,27,31)(H2,28,29,32).